The molecule has 3 N–H and O–H groups in total. The van der Waals surface area contributed by atoms with Crippen LogP contribution in [0.4, 0.5) is 0 Å². The van der Waals surface area contributed by atoms with Crippen molar-refractivity contribution in [2.75, 3.05) is 0 Å². The molecule has 44 valence electrons. The van der Waals surface area contributed by atoms with Crippen LogP contribution >= 0.6 is 20.2 Å². The molecule has 0 bridgehead atoms. The lowest BCUT2D eigenvalue weighted by molar-refractivity contribution is 0.267. The van der Waals surface area contributed by atoms with Crippen molar-refractivity contribution in [2.45, 2.75) is 5.18 Å². The molecule has 0 aromatic heterocycles. The van der Waals surface area contributed by atoms with Crippen LogP contribution in [0.5, 0.6) is 0 Å². The number of aliphatic hydroxyl groups excluding tert-OH is 1. The molecule has 0 aliphatic carbocycles. The Morgan fingerprint density at radius 1 is 1.57 bits per heavy atom. The summed E-state index contributed by atoms with van der Waals surface area (Å²) in [5.41, 5.74) is 0. The molecule has 0 aliphatic rings. The van der Waals surface area contributed by atoms with Crippen molar-refractivity contribution >= 4 is 20.2 Å². The van der Waals surface area contributed by atoms with Crippen LogP contribution in [0.25, 0.3) is 0 Å². The quantitative estimate of drug-likeness (QED) is 0.224. The largest absolute Gasteiger partial charge is 0.371 e. The summed E-state index contributed by atoms with van der Waals surface area (Å²) in [7, 11) is -4.32. The minimum Gasteiger partial charge on any atom is -0.371 e. The van der Waals surface area contributed by atoms with E-state index in [1.165, 1.54) is 0 Å². The summed E-state index contributed by atoms with van der Waals surface area (Å²) in [6.45, 7) is 0. The van der Waals surface area contributed by atoms with Crippen LogP contribution in [0.1, 0.15) is 0 Å². The molecule has 0 aliphatic heterocycles. The molecule has 0 aromatic carbocycles. The average Bonchev–Trinajstić information content (AvgIpc) is 1.31. The zero-order chi connectivity index (χ0) is 6.08. The summed E-state index contributed by atoms with van der Waals surface area (Å²) in [5, 5.41) is 6.15. The highest BCUT2D eigenvalue weighted by Crippen LogP contribution is 2.40. The maximum absolute atomic E-state index is 9.70. The third kappa shape index (κ3) is 3.08. The highest BCUT2D eigenvalue weighted by Gasteiger charge is 2.20. The van der Waals surface area contributed by atoms with Crippen molar-refractivity contribution in [2.24, 2.45) is 0 Å². The maximum atomic E-state index is 9.70. The van der Waals surface area contributed by atoms with Crippen LogP contribution in [0, 0.1) is 0 Å². The van der Waals surface area contributed by atoms with Gasteiger partial charge in [-0.25, -0.2) is 0 Å². The molecular formula is CH5O4PS. The van der Waals surface area contributed by atoms with Crippen LogP contribution in [-0.4, -0.2) is 20.1 Å². The zero-order valence-electron chi connectivity index (χ0n) is 3.22. The van der Waals surface area contributed by atoms with Crippen LogP contribution in [0.3, 0.4) is 0 Å². The molecule has 0 fully saturated rings. The van der Waals surface area contributed by atoms with Crippen molar-refractivity contribution < 1.29 is 19.5 Å². The Morgan fingerprint density at radius 3 is 1.71 bits per heavy atom. The molecule has 0 rings (SSSR count). The zero-order valence-corrected chi connectivity index (χ0v) is 5.01. The van der Waals surface area contributed by atoms with Crippen molar-refractivity contribution in [1.29, 1.82) is 0 Å². The predicted molar refractivity (Wildman–Crippen MR) is 27.0 cm³/mol. The van der Waals surface area contributed by atoms with Crippen LogP contribution < -0.4 is 0 Å². The fourth-order valence-electron chi connectivity index (χ4n) is 0. The minimum absolute atomic E-state index is 1.84. The number of hydrogen-bond donors (Lipinski definition) is 4. The van der Waals surface area contributed by atoms with E-state index in [1.54, 1.807) is 0 Å². The molecule has 1 atom stereocenters. The Kier molecular flexibility index (Phi) is 2.29. The summed E-state index contributed by atoms with van der Waals surface area (Å²) in [4.78, 5) is 15.8. The van der Waals surface area contributed by atoms with Gasteiger partial charge in [0.1, 0.15) is 0 Å². The Hall–Kier alpha value is 0.460. The first kappa shape index (κ1) is 7.46. The summed E-state index contributed by atoms with van der Waals surface area (Å²) >= 11 is 3.07. The maximum Gasteiger partial charge on any atom is 0.363 e. The molecule has 0 heterocycles. The van der Waals surface area contributed by atoms with Gasteiger partial charge in [-0.05, 0) is 0 Å². The van der Waals surface area contributed by atoms with E-state index in [-0.39, 0.29) is 0 Å². The first-order chi connectivity index (χ1) is 2.94. The lowest BCUT2D eigenvalue weighted by Crippen LogP contribution is -1.95. The molecule has 0 radical (unpaired) electrons. The molecule has 0 aromatic rings. The average molecular weight is 144 g/mol. The summed E-state index contributed by atoms with van der Waals surface area (Å²) in [6.07, 6.45) is 0. The van der Waals surface area contributed by atoms with Gasteiger partial charge in [0.2, 0.25) is 0 Å². The van der Waals surface area contributed by atoms with Crippen molar-refractivity contribution in [3.05, 3.63) is 0 Å². The highest BCUT2D eigenvalue weighted by atomic mass is 32.1. The SMILES string of the molecule is O=P(O)(O)C(O)S. The van der Waals surface area contributed by atoms with E-state index in [0.717, 1.165) is 0 Å². The topological polar surface area (TPSA) is 77.8 Å². The van der Waals surface area contributed by atoms with Gasteiger partial charge in [-0.15, -0.1) is 12.6 Å². The number of aliphatic hydroxyl groups is 1. The lowest BCUT2D eigenvalue weighted by atomic mass is 11.7. The molecule has 6 heteroatoms. The molecule has 7 heavy (non-hydrogen) atoms. The predicted octanol–water partition coefficient (Wildman–Crippen LogP) is -0.630. The van der Waals surface area contributed by atoms with Gasteiger partial charge in [0.25, 0.3) is 0 Å². The fraction of sp³-hybridized carbons (Fsp3) is 1.00. The fourth-order valence-corrected chi connectivity index (χ4v) is 0. The first-order valence-corrected chi connectivity index (χ1v) is 3.56. The standard InChI is InChI=1S/CH5O4PS/c2-1(7)6(3,4)5/h1-2,7H,(H2,3,4,5). The van der Waals surface area contributed by atoms with Gasteiger partial charge in [0, 0.05) is 0 Å². The monoisotopic (exact) mass is 144 g/mol. The Labute approximate surface area is 45.7 Å². The van der Waals surface area contributed by atoms with Crippen molar-refractivity contribution in [1.82, 2.24) is 0 Å². The third-order valence-electron chi connectivity index (χ3n) is 0.301. The molecule has 0 saturated carbocycles. The normalized spacial score (nSPS) is 16.6. The lowest BCUT2D eigenvalue weighted by Gasteiger charge is -2.02. The number of hydrogen-bond acceptors (Lipinski definition) is 3. The molecular weight excluding hydrogens is 139 g/mol. The second-order valence-electron chi connectivity index (χ2n) is 0.936. The summed E-state index contributed by atoms with van der Waals surface area (Å²) in [6, 6.07) is 0. The van der Waals surface area contributed by atoms with Gasteiger partial charge in [0.05, 0.1) is 0 Å². The van der Waals surface area contributed by atoms with E-state index in [0.29, 0.717) is 0 Å². The molecule has 0 saturated heterocycles. The van der Waals surface area contributed by atoms with E-state index in [2.05, 4.69) is 12.6 Å². The van der Waals surface area contributed by atoms with Crippen LogP contribution in [0.15, 0.2) is 0 Å². The molecule has 0 amide bonds. The van der Waals surface area contributed by atoms with Gasteiger partial charge >= 0.3 is 7.60 Å². The van der Waals surface area contributed by atoms with Gasteiger partial charge in [0.15, 0.2) is 5.18 Å². The second-order valence-corrected chi connectivity index (χ2v) is 3.50. The van der Waals surface area contributed by atoms with Gasteiger partial charge in [-0.3, -0.25) is 4.57 Å². The molecule has 4 nitrogen and oxygen atoms in total. The highest BCUT2D eigenvalue weighted by molar-refractivity contribution is 7.89. The van der Waals surface area contributed by atoms with E-state index >= 15 is 0 Å². The van der Waals surface area contributed by atoms with Gasteiger partial charge < -0.3 is 14.9 Å². The van der Waals surface area contributed by atoms with Crippen LogP contribution in [0.2, 0.25) is 0 Å². The summed E-state index contributed by atoms with van der Waals surface area (Å²) in [5.74, 6) is 0. The third-order valence-corrected chi connectivity index (χ3v) is 1.81. The van der Waals surface area contributed by atoms with E-state index in [4.69, 9.17) is 14.9 Å². The van der Waals surface area contributed by atoms with Crippen molar-refractivity contribution in [3.63, 3.8) is 0 Å². The Bertz CT molecular complexity index is 93.9. The van der Waals surface area contributed by atoms with Crippen LogP contribution in [-0.2, 0) is 4.57 Å². The number of thiol groups is 1. The van der Waals surface area contributed by atoms with E-state index in [9.17, 15) is 4.57 Å². The van der Waals surface area contributed by atoms with E-state index in [1.807, 2.05) is 0 Å². The van der Waals surface area contributed by atoms with E-state index < -0.39 is 12.8 Å². The summed E-state index contributed by atoms with van der Waals surface area (Å²) < 4.78 is 9.70. The minimum atomic E-state index is -4.32. The van der Waals surface area contributed by atoms with Gasteiger partial charge in [-0.2, -0.15) is 0 Å². The first-order valence-electron chi connectivity index (χ1n) is 1.36. The second kappa shape index (κ2) is 2.15. The molecule has 0 spiro atoms. The number of rotatable bonds is 1. The molecule has 1 unspecified atom stereocenters. The Balaban J connectivity index is 3.80. The smallest absolute Gasteiger partial charge is 0.363 e. The van der Waals surface area contributed by atoms with Crippen molar-refractivity contribution in [3.8, 4) is 0 Å². The Morgan fingerprint density at radius 2 is 1.71 bits per heavy atom. The van der Waals surface area contributed by atoms with Gasteiger partial charge in [-0.1, -0.05) is 0 Å².